The first-order chi connectivity index (χ1) is 6.70. The third-order valence-electron chi connectivity index (χ3n) is 1.98. The molecular weight excluding hydrogens is 200 g/mol. The number of ether oxygens (including phenoxy) is 1. The molecule has 0 aliphatic carbocycles. The fourth-order valence-electron chi connectivity index (χ4n) is 1.30. The summed E-state index contributed by atoms with van der Waals surface area (Å²) in [6, 6.07) is 7.19. The summed E-state index contributed by atoms with van der Waals surface area (Å²) in [5.74, 6) is 1.18. The van der Waals surface area contributed by atoms with Crippen LogP contribution < -0.4 is 10.5 Å². The zero-order chi connectivity index (χ0) is 10.1. The molecule has 2 N–H and O–H groups in total. The highest BCUT2D eigenvalue weighted by Crippen LogP contribution is 2.28. The normalized spacial score (nSPS) is 10.4. The first-order valence-corrected chi connectivity index (χ1v) is 4.48. The van der Waals surface area contributed by atoms with Gasteiger partial charge in [0.1, 0.15) is 11.6 Å². The van der Waals surface area contributed by atoms with E-state index in [0.29, 0.717) is 22.1 Å². The van der Waals surface area contributed by atoms with Crippen molar-refractivity contribution in [2.75, 3.05) is 12.8 Å². The van der Waals surface area contributed by atoms with E-state index in [1.165, 1.54) is 0 Å². The van der Waals surface area contributed by atoms with Crippen LogP contribution >= 0.6 is 11.6 Å². The molecule has 0 radical (unpaired) electrons. The largest absolute Gasteiger partial charge is 0.497 e. The second-order valence-electron chi connectivity index (χ2n) is 2.92. The Bertz CT molecular complexity index is 485. The van der Waals surface area contributed by atoms with Gasteiger partial charge < -0.3 is 10.5 Å². The average molecular weight is 209 g/mol. The molecule has 0 unspecified atom stereocenters. The molecule has 0 saturated carbocycles. The fourth-order valence-corrected chi connectivity index (χ4v) is 1.56. The summed E-state index contributed by atoms with van der Waals surface area (Å²) in [7, 11) is 1.60. The number of hydrogen-bond acceptors (Lipinski definition) is 3. The first-order valence-electron chi connectivity index (χ1n) is 4.10. The minimum atomic E-state index is 0.463. The summed E-state index contributed by atoms with van der Waals surface area (Å²) in [6.45, 7) is 0. The molecule has 3 nitrogen and oxygen atoms in total. The minimum Gasteiger partial charge on any atom is -0.497 e. The van der Waals surface area contributed by atoms with Crippen LogP contribution in [0.2, 0.25) is 5.02 Å². The Kier molecular flexibility index (Phi) is 2.17. The van der Waals surface area contributed by atoms with E-state index in [4.69, 9.17) is 22.1 Å². The van der Waals surface area contributed by atoms with Crippen molar-refractivity contribution in [3.05, 3.63) is 29.3 Å². The summed E-state index contributed by atoms with van der Waals surface area (Å²) in [6.07, 6.45) is 0. The quantitative estimate of drug-likeness (QED) is 0.783. The van der Waals surface area contributed by atoms with Gasteiger partial charge in [0.15, 0.2) is 0 Å². The Balaban J connectivity index is 2.76. The van der Waals surface area contributed by atoms with Crippen LogP contribution in [0.25, 0.3) is 10.9 Å². The van der Waals surface area contributed by atoms with E-state index in [0.717, 1.165) is 5.39 Å². The Labute approximate surface area is 86.5 Å². The van der Waals surface area contributed by atoms with Crippen LogP contribution in [0.15, 0.2) is 24.3 Å². The third kappa shape index (κ3) is 1.46. The average Bonchev–Trinajstić information content (AvgIpc) is 2.19. The van der Waals surface area contributed by atoms with E-state index >= 15 is 0 Å². The van der Waals surface area contributed by atoms with Crippen molar-refractivity contribution in [3.8, 4) is 5.75 Å². The SMILES string of the molecule is COc1cc(Cl)c2nc(N)ccc2c1. The van der Waals surface area contributed by atoms with Crippen molar-refractivity contribution in [2.24, 2.45) is 0 Å². The van der Waals surface area contributed by atoms with Crippen LogP contribution in [0.4, 0.5) is 5.82 Å². The second-order valence-corrected chi connectivity index (χ2v) is 3.32. The highest BCUT2D eigenvalue weighted by molar-refractivity contribution is 6.35. The lowest BCUT2D eigenvalue weighted by Gasteiger charge is -2.04. The van der Waals surface area contributed by atoms with Gasteiger partial charge in [0.05, 0.1) is 17.6 Å². The van der Waals surface area contributed by atoms with Crippen molar-refractivity contribution in [2.45, 2.75) is 0 Å². The summed E-state index contributed by atoms with van der Waals surface area (Å²) < 4.78 is 5.09. The standard InChI is InChI=1S/C10H9ClN2O/c1-14-7-4-6-2-3-9(12)13-10(6)8(11)5-7/h2-5H,1H3,(H2,12,13). The Morgan fingerprint density at radius 2 is 2.14 bits per heavy atom. The molecule has 0 amide bonds. The number of nitrogen functional groups attached to an aromatic ring is 1. The molecule has 1 aromatic carbocycles. The number of anilines is 1. The van der Waals surface area contributed by atoms with E-state index in [1.807, 2.05) is 12.1 Å². The number of pyridine rings is 1. The highest BCUT2D eigenvalue weighted by atomic mass is 35.5. The molecule has 0 aliphatic rings. The molecule has 0 aliphatic heterocycles. The number of nitrogens with two attached hydrogens (primary N) is 1. The Morgan fingerprint density at radius 1 is 1.36 bits per heavy atom. The van der Waals surface area contributed by atoms with Gasteiger partial charge in [-0.05, 0) is 18.2 Å². The molecular formula is C10H9ClN2O. The van der Waals surface area contributed by atoms with Crippen molar-refractivity contribution in [1.82, 2.24) is 4.98 Å². The zero-order valence-corrected chi connectivity index (χ0v) is 8.38. The smallest absolute Gasteiger partial charge is 0.124 e. The van der Waals surface area contributed by atoms with Crippen LogP contribution in [0.3, 0.4) is 0 Å². The van der Waals surface area contributed by atoms with Gasteiger partial charge in [0.25, 0.3) is 0 Å². The van der Waals surface area contributed by atoms with E-state index in [-0.39, 0.29) is 0 Å². The summed E-state index contributed by atoms with van der Waals surface area (Å²) >= 11 is 6.01. The number of benzene rings is 1. The van der Waals surface area contributed by atoms with Gasteiger partial charge in [0.2, 0.25) is 0 Å². The lowest BCUT2D eigenvalue weighted by Crippen LogP contribution is -1.91. The summed E-state index contributed by atoms with van der Waals surface area (Å²) in [4.78, 5) is 4.14. The van der Waals surface area contributed by atoms with Crippen LogP contribution in [0, 0.1) is 0 Å². The first kappa shape index (κ1) is 9.09. The lowest BCUT2D eigenvalue weighted by atomic mass is 10.2. The maximum Gasteiger partial charge on any atom is 0.124 e. The molecule has 0 saturated heterocycles. The van der Waals surface area contributed by atoms with Gasteiger partial charge >= 0.3 is 0 Å². The minimum absolute atomic E-state index is 0.463. The number of aromatic nitrogens is 1. The molecule has 2 aromatic rings. The maximum atomic E-state index is 6.01. The van der Waals surface area contributed by atoms with Gasteiger partial charge in [0, 0.05) is 11.5 Å². The predicted octanol–water partition coefficient (Wildman–Crippen LogP) is 2.48. The molecule has 0 bridgehead atoms. The van der Waals surface area contributed by atoms with Crippen molar-refractivity contribution in [3.63, 3.8) is 0 Å². The Hall–Kier alpha value is -1.48. The van der Waals surface area contributed by atoms with Crippen LogP contribution in [-0.2, 0) is 0 Å². The van der Waals surface area contributed by atoms with Crippen LogP contribution in [-0.4, -0.2) is 12.1 Å². The summed E-state index contributed by atoms with van der Waals surface area (Å²) in [5, 5.41) is 1.47. The van der Waals surface area contributed by atoms with Gasteiger partial charge in [-0.2, -0.15) is 0 Å². The topological polar surface area (TPSA) is 48.1 Å². The maximum absolute atomic E-state index is 6.01. The number of rotatable bonds is 1. The zero-order valence-electron chi connectivity index (χ0n) is 7.62. The number of hydrogen-bond donors (Lipinski definition) is 1. The molecule has 72 valence electrons. The molecule has 1 aromatic heterocycles. The number of halogens is 1. The predicted molar refractivity (Wildman–Crippen MR) is 57.7 cm³/mol. The van der Waals surface area contributed by atoms with E-state index in [9.17, 15) is 0 Å². The monoisotopic (exact) mass is 208 g/mol. The lowest BCUT2D eigenvalue weighted by molar-refractivity contribution is 0.415. The van der Waals surface area contributed by atoms with Gasteiger partial charge in [-0.15, -0.1) is 0 Å². The Morgan fingerprint density at radius 3 is 2.86 bits per heavy atom. The highest BCUT2D eigenvalue weighted by Gasteiger charge is 2.04. The molecule has 1 heterocycles. The third-order valence-corrected chi connectivity index (χ3v) is 2.26. The molecule has 2 rings (SSSR count). The summed E-state index contributed by atoms with van der Waals surface area (Å²) in [5.41, 5.74) is 6.26. The number of nitrogens with zero attached hydrogens (tertiary/aromatic N) is 1. The van der Waals surface area contributed by atoms with E-state index in [1.54, 1.807) is 19.2 Å². The molecule has 0 atom stereocenters. The van der Waals surface area contributed by atoms with E-state index in [2.05, 4.69) is 4.98 Å². The second kappa shape index (κ2) is 3.35. The molecule has 4 heteroatoms. The molecule has 0 spiro atoms. The number of methoxy groups -OCH3 is 1. The van der Waals surface area contributed by atoms with Crippen molar-refractivity contribution in [1.29, 1.82) is 0 Å². The van der Waals surface area contributed by atoms with Crippen LogP contribution in [0.5, 0.6) is 5.75 Å². The molecule has 0 fully saturated rings. The van der Waals surface area contributed by atoms with Gasteiger partial charge in [-0.1, -0.05) is 11.6 Å². The number of fused-ring (bicyclic) bond motifs is 1. The van der Waals surface area contributed by atoms with Crippen molar-refractivity contribution < 1.29 is 4.74 Å². The van der Waals surface area contributed by atoms with Gasteiger partial charge in [-0.3, -0.25) is 0 Å². The van der Waals surface area contributed by atoms with Crippen LogP contribution in [0.1, 0.15) is 0 Å². The van der Waals surface area contributed by atoms with E-state index < -0.39 is 0 Å². The van der Waals surface area contributed by atoms with Gasteiger partial charge in [-0.25, -0.2) is 4.98 Å². The van der Waals surface area contributed by atoms with Crippen molar-refractivity contribution >= 4 is 28.3 Å². The molecule has 14 heavy (non-hydrogen) atoms. The fraction of sp³-hybridized carbons (Fsp3) is 0.100.